The molecular weight excluding hydrogens is 378 g/mol. The van der Waals surface area contributed by atoms with Gasteiger partial charge in [-0.1, -0.05) is 23.7 Å². The number of anilines is 1. The number of amides is 1. The largest absolute Gasteiger partial charge is 0.491 e. The van der Waals surface area contributed by atoms with Crippen molar-refractivity contribution in [2.24, 2.45) is 0 Å². The predicted molar refractivity (Wildman–Crippen MR) is 110 cm³/mol. The molecule has 3 rings (SSSR count). The molecule has 1 amide bonds. The summed E-state index contributed by atoms with van der Waals surface area (Å²) in [6, 6.07) is 9.57. The van der Waals surface area contributed by atoms with E-state index in [9.17, 15) is 4.79 Å². The summed E-state index contributed by atoms with van der Waals surface area (Å²) in [5.41, 5.74) is 1.54. The Labute approximate surface area is 170 Å². The zero-order valence-corrected chi connectivity index (χ0v) is 17.2. The quantitative estimate of drug-likeness (QED) is 0.784. The Balaban J connectivity index is 1.69. The summed E-state index contributed by atoms with van der Waals surface area (Å²) < 4.78 is 11.0. The highest BCUT2D eigenvalue weighted by Gasteiger charge is 2.20. The van der Waals surface area contributed by atoms with E-state index >= 15 is 0 Å². The lowest BCUT2D eigenvalue weighted by atomic mass is 10.1. The molecule has 1 aliphatic heterocycles. The number of carbonyl (C=O) groups is 1. The van der Waals surface area contributed by atoms with Gasteiger partial charge in [0.1, 0.15) is 11.6 Å². The number of nitrogens with zero attached hydrogens (tertiary/aromatic N) is 2. The molecule has 1 atom stereocenters. The van der Waals surface area contributed by atoms with Gasteiger partial charge in [0.25, 0.3) is 5.91 Å². The van der Waals surface area contributed by atoms with Gasteiger partial charge in [0, 0.05) is 19.3 Å². The molecule has 6 nitrogen and oxygen atoms in total. The molecule has 1 unspecified atom stereocenters. The molecule has 2 heterocycles. The van der Waals surface area contributed by atoms with Crippen LogP contribution in [0, 0.1) is 0 Å². The standard InChI is InChI=1S/C21H26ClN3O3/c1-14(2)28-18-6-4-5-16(11-18)15(3)24-20-19(22)12-17(13-23-20)21(26)25-7-9-27-10-8-25/h4-6,11-15H,7-10H2,1-3H3,(H,23,24). The molecule has 0 saturated carbocycles. The Bertz CT molecular complexity index is 822. The van der Waals surface area contributed by atoms with Crippen LogP contribution >= 0.6 is 11.6 Å². The zero-order valence-electron chi connectivity index (χ0n) is 16.4. The van der Waals surface area contributed by atoms with Crippen LogP contribution in [-0.2, 0) is 4.74 Å². The average molecular weight is 404 g/mol. The van der Waals surface area contributed by atoms with E-state index in [0.29, 0.717) is 42.7 Å². The predicted octanol–water partition coefficient (Wildman–Crippen LogP) is 4.17. The van der Waals surface area contributed by atoms with E-state index in [1.807, 2.05) is 45.0 Å². The molecule has 1 aromatic heterocycles. The second kappa shape index (κ2) is 9.26. The summed E-state index contributed by atoms with van der Waals surface area (Å²) in [4.78, 5) is 18.7. The van der Waals surface area contributed by atoms with Crippen molar-refractivity contribution in [1.29, 1.82) is 0 Å². The molecule has 0 radical (unpaired) electrons. The van der Waals surface area contributed by atoms with E-state index in [2.05, 4.69) is 10.3 Å². The Hall–Kier alpha value is -2.31. The van der Waals surface area contributed by atoms with Crippen molar-refractivity contribution in [3.05, 3.63) is 52.7 Å². The summed E-state index contributed by atoms with van der Waals surface area (Å²) in [5, 5.41) is 3.73. The smallest absolute Gasteiger partial charge is 0.255 e. The van der Waals surface area contributed by atoms with Gasteiger partial charge in [0.2, 0.25) is 0 Å². The van der Waals surface area contributed by atoms with E-state index in [-0.39, 0.29) is 18.1 Å². The van der Waals surface area contributed by atoms with Crippen LogP contribution < -0.4 is 10.1 Å². The number of hydrogen-bond donors (Lipinski definition) is 1. The molecule has 1 N–H and O–H groups in total. The summed E-state index contributed by atoms with van der Waals surface area (Å²) in [5.74, 6) is 1.30. The van der Waals surface area contributed by atoms with Crippen LogP contribution in [0.25, 0.3) is 0 Å². The van der Waals surface area contributed by atoms with Crippen molar-refractivity contribution >= 4 is 23.3 Å². The first-order valence-corrected chi connectivity index (χ1v) is 9.87. The number of pyridine rings is 1. The summed E-state index contributed by atoms with van der Waals surface area (Å²) in [6.07, 6.45) is 1.68. The molecule has 150 valence electrons. The molecule has 1 fully saturated rings. The third-order valence-corrected chi connectivity index (χ3v) is 4.76. The molecule has 1 aromatic carbocycles. The molecule has 1 saturated heterocycles. The minimum Gasteiger partial charge on any atom is -0.491 e. The van der Waals surface area contributed by atoms with Crippen molar-refractivity contribution in [3.8, 4) is 5.75 Å². The third kappa shape index (κ3) is 5.14. The van der Waals surface area contributed by atoms with Crippen molar-refractivity contribution in [2.75, 3.05) is 31.6 Å². The van der Waals surface area contributed by atoms with Crippen LogP contribution in [0.2, 0.25) is 5.02 Å². The molecule has 2 aromatic rings. The normalized spacial score (nSPS) is 15.4. The van der Waals surface area contributed by atoms with Gasteiger partial charge in [0.05, 0.1) is 35.9 Å². The fourth-order valence-electron chi connectivity index (χ4n) is 3.03. The van der Waals surface area contributed by atoms with Gasteiger partial charge in [-0.3, -0.25) is 4.79 Å². The van der Waals surface area contributed by atoms with E-state index in [4.69, 9.17) is 21.1 Å². The topological polar surface area (TPSA) is 63.7 Å². The lowest BCUT2D eigenvalue weighted by Gasteiger charge is -2.27. The summed E-state index contributed by atoms with van der Waals surface area (Å²) in [6.45, 7) is 8.31. The van der Waals surface area contributed by atoms with Crippen molar-refractivity contribution in [1.82, 2.24) is 9.88 Å². The van der Waals surface area contributed by atoms with Crippen molar-refractivity contribution in [3.63, 3.8) is 0 Å². The van der Waals surface area contributed by atoms with Gasteiger partial charge in [-0.25, -0.2) is 4.98 Å². The fraction of sp³-hybridized carbons (Fsp3) is 0.429. The highest BCUT2D eigenvalue weighted by atomic mass is 35.5. The molecule has 0 aliphatic carbocycles. The number of rotatable bonds is 6. The van der Waals surface area contributed by atoms with E-state index < -0.39 is 0 Å². The first-order valence-electron chi connectivity index (χ1n) is 9.49. The van der Waals surface area contributed by atoms with E-state index in [1.165, 1.54) is 0 Å². The maximum absolute atomic E-state index is 12.6. The monoisotopic (exact) mass is 403 g/mol. The van der Waals surface area contributed by atoms with Crippen LogP contribution in [-0.4, -0.2) is 48.2 Å². The van der Waals surface area contributed by atoms with Crippen LogP contribution in [0.1, 0.15) is 42.7 Å². The molecular formula is C21H26ClN3O3. The molecule has 0 spiro atoms. The average Bonchev–Trinajstić information content (AvgIpc) is 2.69. The maximum Gasteiger partial charge on any atom is 0.255 e. The minimum atomic E-state index is -0.0733. The lowest BCUT2D eigenvalue weighted by Crippen LogP contribution is -2.40. The number of hydrogen-bond acceptors (Lipinski definition) is 5. The molecule has 1 aliphatic rings. The van der Waals surface area contributed by atoms with Gasteiger partial charge >= 0.3 is 0 Å². The zero-order chi connectivity index (χ0) is 20.1. The number of nitrogens with one attached hydrogen (secondary N) is 1. The Kier molecular flexibility index (Phi) is 6.75. The van der Waals surface area contributed by atoms with Crippen LogP contribution in [0.5, 0.6) is 5.75 Å². The highest BCUT2D eigenvalue weighted by Crippen LogP contribution is 2.27. The van der Waals surface area contributed by atoms with E-state index in [0.717, 1.165) is 11.3 Å². The van der Waals surface area contributed by atoms with Gasteiger partial charge < -0.3 is 19.7 Å². The van der Waals surface area contributed by atoms with Crippen LogP contribution in [0.15, 0.2) is 36.5 Å². The van der Waals surface area contributed by atoms with Gasteiger partial charge in [-0.05, 0) is 44.5 Å². The first-order chi connectivity index (χ1) is 13.4. The van der Waals surface area contributed by atoms with Gasteiger partial charge in [-0.2, -0.15) is 0 Å². The number of benzene rings is 1. The summed E-state index contributed by atoms with van der Waals surface area (Å²) >= 11 is 6.40. The van der Waals surface area contributed by atoms with Gasteiger partial charge in [0.15, 0.2) is 0 Å². The Morgan fingerprint density at radius 2 is 2.00 bits per heavy atom. The SMILES string of the molecule is CC(C)Oc1cccc(C(C)Nc2ncc(C(=O)N3CCOCC3)cc2Cl)c1. The fourth-order valence-corrected chi connectivity index (χ4v) is 3.25. The lowest BCUT2D eigenvalue weighted by molar-refractivity contribution is 0.0302. The van der Waals surface area contributed by atoms with Crippen LogP contribution in [0.4, 0.5) is 5.82 Å². The first kappa shape index (κ1) is 20.4. The second-order valence-electron chi connectivity index (χ2n) is 7.06. The minimum absolute atomic E-state index is 0.0264. The third-order valence-electron chi connectivity index (χ3n) is 4.47. The highest BCUT2D eigenvalue weighted by molar-refractivity contribution is 6.33. The number of morpholine rings is 1. The maximum atomic E-state index is 12.6. The second-order valence-corrected chi connectivity index (χ2v) is 7.47. The Morgan fingerprint density at radius 1 is 1.25 bits per heavy atom. The number of carbonyl (C=O) groups excluding carboxylic acids is 1. The van der Waals surface area contributed by atoms with E-state index in [1.54, 1.807) is 17.2 Å². The van der Waals surface area contributed by atoms with Crippen molar-refractivity contribution < 1.29 is 14.3 Å². The molecule has 0 bridgehead atoms. The van der Waals surface area contributed by atoms with Crippen LogP contribution in [0.3, 0.4) is 0 Å². The molecule has 7 heteroatoms. The molecule has 28 heavy (non-hydrogen) atoms. The van der Waals surface area contributed by atoms with Gasteiger partial charge in [-0.15, -0.1) is 0 Å². The summed E-state index contributed by atoms with van der Waals surface area (Å²) in [7, 11) is 0. The van der Waals surface area contributed by atoms with Crippen molar-refractivity contribution in [2.45, 2.75) is 32.9 Å². The number of halogens is 1. The Morgan fingerprint density at radius 3 is 2.68 bits per heavy atom. The number of ether oxygens (including phenoxy) is 2. The number of aromatic nitrogens is 1.